The van der Waals surface area contributed by atoms with E-state index in [1.54, 1.807) is 0 Å². The number of benzene rings is 6. The molecule has 2 nitrogen and oxygen atoms in total. The normalized spacial score (nSPS) is 14.7. The van der Waals surface area contributed by atoms with Crippen molar-refractivity contribution in [3.63, 3.8) is 0 Å². The van der Waals surface area contributed by atoms with Gasteiger partial charge in [-0.25, -0.2) is 0 Å². The predicted molar refractivity (Wildman–Crippen MR) is 370 cm³/mol. The topological polar surface area (TPSA) is 18.5 Å². The Morgan fingerprint density at radius 3 is 0.905 bits per heavy atom. The lowest BCUT2D eigenvalue weighted by molar-refractivity contribution is 0.467. The predicted octanol–water partition coefficient (Wildman–Crippen LogP) is 17.3. The van der Waals surface area contributed by atoms with Crippen LogP contribution >= 0.6 is 22.7 Å². The van der Waals surface area contributed by atoms with E-state index in [9.17, 15) is 0 Å². The Balaban J connectivity index is 1.36. The summed E-state index contributed by atoms with van der Waals surface area (Å²) < 4.78 is 20.6. The van der Waals surface area contributed by atoms with Gasteiger partial charge in [0.25, 0.3) is 0 Å². The quantitative estimate of drug-likeness (QED) is 0.141. The van der Waals surface area contributed by atoms with Crippen LogP contribution in [0.5, 0.6) is 23.0 Å². The molecule has 4 aliphatic heterocycles. The second-order valence-electron chi connectivity index (χ2n) is 31.6. The smallest absolute Gasteiger partial charge is 0.246 e. The van der Waals surface area contributed by atoms with E-state index < -0.39 is 0 Å². The Labute approximate surface area is 513 Å². The second kappa shape index (κ2) is 20.0. The van der Waals surface area contributed by atoms with Crippen molar-refractivity contribution >= 4 is 89.4 Å². The summed E-state index contributed by atoms with van der Waals surface area (Å²) in [7, 11) is 0. The molecule has 6 aromatic carbocycles. The van der Waals surface area contributed by atoms with Crippen molar-refractivity contribution in [3.05, 3.63) is 172 Å². The van der Waals surface area contributed by atoms with Gasteiger partial charge in [0.2, 0.25) is 13.4 Å². The van der Waals surface area contributed by atoms with E-state index in [2.05, 4.69) is 274 Å². The minimum Gasteiger partial charge on any atom is -0.456 e. The van der Waals surface area contributed by atoms with E-state index in [0.717, 1.165) is 23.0 Å². The number of ether oxygens (including phenoxy) is 2. The summed E-state index contributed by atoms with van der Waals surface area (Å²) in [6, 6.07) is 34.8. The molecule has 0 atom stereocenters. The molecule has 12 rings (SSSR count). The number of hydrogen-bond acceptors (Lipinski definition) is 4. The van der Waals surface area contributed by atoms with Crippen LogP contribution in [0.4, 0.5) is 0 Å². The lowest BCUT2D eigenvalue weighted by atomic mass is 9.31. The molecular formula is C78H92B2O2S2. The fraction of sp³-hybridized carbons (Fsp3) is 0.436. The van der Waals surface area contributed by atoms with Crippen LogP contribution in [0.3, 0.4) is 0 Å². The maximum absolute atomic E-state index is 7.48. The lowest BCUT2D eigenvalue weighted by Crippen LogP contribution is -2.62. The molecule has 0 N–H and O–H groups in total. The van der Waals surface area contributed by atoms with Crippen molar-refractivity contribution in [2.24, 2.45) is 0 Å². The minimum absolute atomic E-state index is 0.0539. The first-order valence-corrected chi connectivity index (χ1v) is 33.5. The first kappa shape index (κ1) is 58.8. The molecule has 2 aromatic heterocycles. The number of hydrogen-bond donors (Lipinski definition) is 0. The minimum atomic E-state index is -0.140. The van der Waals surface area contributed by atoms with Crippen molar-refractivity contribution < 1.29 is 9.47 Å². The van der Waals surface area contributed by atoms with Crippen molar-refractivity contribution in [2.45, 2.75) is 223 Å². The molecule has 434 valence electrons. The molecule has 0 bridgehead atoms. The summed E-state index contributed by atoms with van der Waals surface area (Å²) in [4.78, 5) is 0. The van der Waals surface area contributed by atoms with Gasteiger partial charge in [0, 0.05) is 51.9 Å². The maximum atomic E-state index is 7.48. The Morgan fingerprint density at radius 1 is 0.333 bits per heavy atom. The van der Waals surface area contributed by atoms with Gasteiger partial charge >= 0.3 is 0 Å². The third-order valence-corrected chi connectivity index (χ3v) is 22.0. The van der Waals surface area contributed by atoms with Crippen LogP contribution in [-0.4, -0.2) is 13.4 Å². The van der Waals surface area contributed by atoms with Gasteiger partial charge in [-0.2, -0.15) is 0 Å². The van der Waals surface area contributed by atoms with Crippen LogP contribution in [0, 0.1) is 0 Å². The Kier molecular flexibility index (Phi) is 14.0. The molecule has 0 fully saturated rings. The van der Waals surface area contributed by atoms with Crippen molar-refractivity contribution in [1.82, 2.24) is 0 Å². The molecule has 0 amide bonds. The molecule has 84 heavy (non-hydrogen) atoms. The summed E-state index contributed by atoms with van der Waals surface area (Å²) in [5, 5.41) is 0. The fourth-order valence-electron chi connectivity index (χ4n) is 14.3. The van der Waals surface area contributed by atoms with Crippen molar-refractivity contribution in [2.75, 3.05) is 0 Å². The maximum Gasteiger partial charge on any atom is 0.246 e. The van der Waals surface area contributed by atoms with Gasteiger partial charge in [-0.05, 0) is 148 Å². The van der Waals surface area contributed by atoms with Gasteiger partial charge < -0.3 is 9.47 Å². The number of thiophene rings is 2. The first-order valence-electron chi connectivity index (χ1n) is 31.9. The highest BCUT2D eigenvalue weighted by Gasteiger charge is 2.47. The van der Waals surface area contributed by atoms with E-state index in [-0.39, 0.29) is 35.1 Å². The molecule has 0 aliphatic carbocycles. The molecule has 0 unspecified atom stereocenters. The SMILES string of the molecule is CC(C)c1cc(C(C)C)c(B2c3cc(C(C)(C)C)cc4c3C(=c3sc5c6c(sc5c32)=C2c3ccc(C(C)(C)C)cc3Oc3cc(C(C)(C)C)cc(c32)B6c2c(C(C)C)cc(C(C)C)cc2C(C)C)c2ccc(C(C)(C)C)cc2O4)c(C(C)C)c1. The van der Waals surface area contributed by atoms with E-state index in [0.29, 0.717) is 35.5 Å². The van der Waals surface area contributed by atoms with Crippen LogP contribution in [-0.2, 0) is 21.7 Å². The van der Waals surface area contributed by atoms with E-state index in [4.69, 9.17) is 9.47 Å². The number of rotatable bonds is 8. The Bertz CT molecular complexity index is 3870. The Hall–Kier alpha value is -5.55. The lowest BCUT2D eigenvalue weighted by Gasteiger charge is -2.36. The first-order chi connectivity index (χ1) is 39.1. The van der Waals surface area contributed by atoms with E-state index in [1.165, 1.54) is 140 Å². The highest BCUT2D eigenvalue weighted by atomic mass is 32.1. The zero-order valence-corrected chi connectivity index (χ0v) is 57.0. The van der Waals surface area contributed by atoms with Gasteiger partial charge in [-0.3, -0.25) is 0 Å². The summed E-state index contributed by atoms with van der Waals surface area (Å²) >= 11 is 4.18. The van der Waals surface area contributed by atoms with Crippen LogP contribution in [0.25, 0.3) is 20.5 Å². The van der Waals surface area contributed by atoms with Gasteiger partial charge in [0.1, 0.15) is 23.0 Å². The number of fused-ring (bicyclic) bond motifs is 9. The van der Waals surface area contributed by atoms with Crippen LogP contribution in [0.2, 0.25) is 0 Å². The van der Waals surface area contributed by atoms with Crippen molar-refractivity contribution in [1.29, 1.82) is 0 Å². The van der Waals surface area contributed by atoms with Gasteiger partial charge in [-0.15, -0.1) is 22.7 Å². The summed E-state index contributed by atoms with van der Waals surface area (Å²) in [6.45, 7) is 57.1. The average Bonchev–Trinajstić information content (AvgIpc) is 1.65. The van der Waals surface area contributed by atoms with Crippen LogP contribution in [0.15, 0.2) is 84.9 Å². The van der Waals surface area contributed by atoms with Crippen molar-refractivity contribution in [3.8, 4) is 23.0 Å². The summed E-state index contributed by atoms with van der Waals surface area (Å²) in [5.41, 5.74) is 29.8. The monoisotopic (exact) mass is 1150 g/mol. The summed E-state index contributed by atoms with van der Waals surface area (Å²) in [6.07, 6.45) is 0. The average molecular weight is 1150 g/mol. The second-order valence-corrected chi connectivity index (χ2v) is 33.7. The molecule has 0 saturated heterocycles. The highest BCUT2D eigenvalue weighted by Crippen LogP contribution is 2.50. The van der Waals surface area contributed by atoms with E-state index in [1.807, 2.05) is 0 Å². The van der Waals surface area contributed by atoms with Crippen LogP contribution < -0.4 is 51.3 Å². The van der Waals surface area contributed by atoms with Gasteiger partial charge in [0.05, 0.1) is 0 Å². The molecule has 0 radical (unpaired) electrons. The molecule has 0 spiro atoms. The van der Waals surface area contributed by atoms with Gasteiger partial charge in [-0.1, -0.05) is 249 Å². The van der Waals surface area contributed by atoms with Crippen LogP contribution in [0.1, 0.15) is 280 Å². The molecular weight excluding hydrogens is 1050 g/mol. The van der Waals surface area contributed by atoms with Gasteiger partial charge in [0.15, 0.2) is 0 Å². The zero-order chi connectivity index (χ0) is 60.7. The fourth-order valence-corrected chi connectivity index (χ4v) is 17.4. The third kappa shape index (κ3) is 9.29. The molecule has 6 heteroatoms. The highest BCUT2D eigenvalue weighted by molar-refractivity contribution is 7.32. The molecule has 4 aliphatic rings. The third-order valence-electron chi connectivity index (χ3n) is 19.3. The molecule has 8 aromatic rings. The van der Waals surface area contributed by atoms with E-state index >= 15 is 0 Å². The largest absolute Gasteiger partial charge is 0.456 e. The summed E-state index contributed by atoms with van der Waals surface area (Å²) in [5.74, 6) is 5.88. The zero-order valence-electron chi connectivity index (χ0n) is 55.3. The molecule has 0 saturated carbocycles. The molecule has 6 heterocycles. The standard InChI is InChI=1S/C78H92B2O2S2/c1-39(2)45-29-53(41(5)6)67(54(30-45)42(7)8)79-57-33-49(77(19,20)21)37-61-65(57)63(51-27-25-47(75(13,14)15)35-59(51)81-61)71-69(79)73-74(83-71)70-72(84-73)64-52-28-26-48(76(16,17)18)36-60(52)82-62-38-50(78(22,23)24)34-58(66(62)64)80(70)68-55(43(9)10)31-46(40(3)4)32-56(68)44(11)12/h25-44H,1-24H3. The Morgan fingerprint density at radius 2 is 0.631 bits per heavy atom.